The molecular weight excluding hydrogens is 500 g/mol. The fourth-order valence-corrected chi connectivity index (χ4v) is 9.56. The van der Waals surface area contributed by atoms with Crippen molar-refractivity contribution in [2.24, 2.45) is 46.3 Å². The smallest absolute Gasteiger partial charge is 0.339 e. The number of rotatable bonds is 8. The van der Waals surface area contributed by atoms with Crippen LogP contribution in [0.3, 0.4) is 0 Å². The van der Waals surface area contributed by atoms with Crippen LogP contribution in [-0.2, 0) is 9.53 Å². The molecule has 0 aliphatic heterocycles. The Morgan fingerprint density at radius 3 is 2.40 bits per heavy atom. The van der Waals surface area contributed by atoms with Crippen LogP contribution in [0.4, 0.5) is 0 Å². The molecule has 1 aromatic carbocycles. The van der Waals surface area contributed by atoms with Crippen LogP contribution in [0.5, 0.6) is 0 Å². The second kappa shape index (κ2) is 11.1. The summed E-state index contributed by atoms with van der Waals surface area (Å²) in [7, 11) is 0. The number of esters is 1. The number of aromatic carboxylic acids is 1. The second-order valence-electron chi connectivity index (χ2n) is 14.4. The maximum Gasteiger partial charge on any atom is 0.339 e. The SMILES string of the molecule is CC(C)CCC[C@@H](C)[C@H]1CC[C@H]2[C@@H]3C(=O)C=C4C[C@@H](OC(=O)c5ccccc5C(=O)O)CC[C@]4(C)[C@H]3CC[C@]12C. The van der Waals surface area contributed by atoms with Gasteiger partial charge in [0.15, 0.2) is 5.78 Å². The van der Waals surface area contributed by atoms with Crippen LogP contribution in [0.2, 0.25) is 0 Å². The number of ketones is 1. The Labute approximate surface area is 240 Å². The van der Waals surface area contributed by atoms with Crippen molar-refractivity contribution in [3.8, 4) is 0 Å². The maximum absolute atomic E-state index is 13.9. The minimum Gasteiger partial charge on any atom is -0.478 e. The van der Waals surface area contributed by atoms with Gasteiger partial charge in [-0.05, 0) is 97.2 Å². The van der Waals surface area contributed by atoms with E-state index in [-0.39, 0.29) is 34.0 Å². The van der Waals surface area contributed by atoms with Crippen LogP contribution in [0, 0.1) is 46.3 Å². The summed E-state index contributed by atoms with van der Waals surface area (Å²) in [6.45, 7) is 11.9. The number of hydrogen-bond donors (Lipinski definition) is 1. The molecule has 5 heteroatoms. The molecule has 3 fully saturated rings. The van der Waals surface area contributed by atoms with Crippen LogP contribution in [-0.4, -0.2) is 28.9 Å². The van der Waals surface area contributed by atoms with Crippen molar-refractivity contribution in [2.75, 3.05) is 0 Å². The molecule has 5 nitrogen and oxygen atoms in total. The van der Waals surface area contributed by atoms with Crippen molar-refractivity contribution < 1.29 is 24.2 Å². The summed E-state index contributed by atoms with van der Waals surface area (Å²) in [4.78, 5) is 38.4. The van der Waals surface area contributed by atoms with Gasteiger partial charge in [-0.15, -0.1) is 0 Å². The van der Waals surface area contributed by atoms with Gasteiger partial charge >= 0.3 is 11.9 Å². The molecule has 0 heterocycles. The number of carboxylic acids is 1. The maximum atomic E-state index is 13.9. The minimum absolute atomic E-state index is 0.0389. The Hall–Kier alpha value is -2.43. The van der Waals surface area contributed by atoms with Crippen molar-refractivity contribution in [3.63, 3.8) is 0 Å². The average Bonchev–Trinajstić information content (AvgIpc) is 3.26. The van der Waals surface area contributed by atoms with Gasteiger partial charge < -0.3 is 9.84 Å². The first-order valence-electron chi connectivity index (χ1n) is 15.7. The highest BCUT2D eigenvalue weighted by molar-refractivity contribution is 6.02. The van der Waals surface area contributed by atoms with Crippen molar-refractivity contribution in [2.45, 2.75) is 105 Å². The van der Waals surface area contributed by atoms with E-state index in [9.17, 15) is 19.5 Å². The van der Waals surface area contributed by atoms with Gasteiger partial charge in [0.05, 0.1) is 11.1 Å². The summed E-state index contributed by atoms with van der Waals surface area (Å²) < 4.78 is 5.85. The zero-order chi connectivity index (χ0) is 28.8. The molecule has 1 N–H and O–H groups in total. The number of allylic oxidation sites excluding steroid dienone is 1. The van der Waals surface area contributed by atoms with E-state index in [4.69, 9.17) is 4.74 Å². The number of benzene rings is 1. The molecule has 0 saturated heterocycles. The molecule has 3 saturated carbocycles. The molecule has 4 aliphatic carbocycles. The second-order valence-corrected chi connectivity index (χ2v) is 14.4. The standard InChI is InChI=1S/C35H48O5/c1-21(2)9-8-10-22(3)27-13-14-28-31-29(16-18-35(27,28)5)34(4)17-15-24(19-23(34)20-30(31)36)40-33(39)26-12-7-6-11-25(26)32(37)38/h6-7,11-12,20-22,24,27-29,31H,8-10,13-19H2,1-5H3,(H,37,38)/t22-,24+,27-,28+,29+,31+,34+,35-/m1/s1. The first kappa shape index (κ1) is 29.1. The van der Waals surface area contributed by atoms with Crippen molar-refractivity contribution in [1.82, 2.24) is 0 Å². The van der Waals surface area contributed by atoms with Gasteiger partial charge in [-0.25, -0.2) is 9.59 Å². The topological polar surface area (TPSA) is 80.7 Å². The fourth-order valence-electron chi connectivity index (χ4n) is 9.56. The molecule has 0 aromatic heterocycles. The van der Waals surface area contributed by atoms with E-state index in [1.807, 2.05) is 6.08 Å². The number of fused-ring (bicyclic) bond motifs is 5. The van der Waals surface area contributed by atoms with Crippen molar-refractivity contribution >= 4 is 17.7 Å². The first-order valence-corrected chi connectivity index (χ1v) is 15.7. The minimum atomic E-state index is -1.14. The van der Waals surface area contributed by atoms with Crippen molar-refractivity contribution in [1.29, 1.82) is 0 Å². The fraction of sp³-hybridized carbons (Fsp3) is 0.686. The van der Waals surface area contributed by atoms with E-state index in [1.54, 1.807) is 12.1 Å². The summed E-state index contributed by atoms with van der Waals surface area (Å²) in [5.74, 6) is 1.68. The van der Waals surface area contributed by atoms with Gasteiger partial charge in [0.2, 0.25) is 0 Å². The summed E-state index contributed by atoms with van der Waals surface area (Å²) in [6, 6.07) is 6.19. The lowest BCUT2D eigenvalue weighted by molar-refractivity contribution is -0.135. The van der Waals surface area contributed by atoms with Gasteiger partial charge in [-0.1, -0.05) is 71.6 Å². The Morgan fingerprint density at radius 1 is 0.975 bits per heavy atom. The summed E-state index contributed by atoms with van der Waals surface area (Å²) in [5.41, 5.74) is 1.38. The molecular formula is C35H48O5. The molecule has 0 bridgehead atoms. The third kappa shape index (κ3) is 5.07. The molecule has 5 rings (SSSR count). The molecule has 8 atom stereocenters. The van der Waals surface area contributed by atoms with E-state index >= 15 is 0 Å². The van der Waals surface area contributed by atoms with E-state index in [0.717, 1.165) is 30.8 Å². The highest BCUT2D eigenvalue weighted by Crippen LogP contribution is 2.66. The van der Waals surface area contributed by atoms with E-state index < -0.39 is 11.9 Å². The quantitative estimate of drug-likeness (QED) is 0.332. The van der Waals surface area contributed by atoms with Gasteiger partial charge in [0.25, 0.3) is 0 Å². The molecule has 0 radical (unpaired) electrons. The third-order valence-electron chi connectivity index (χ3n) is 11.8. The predicted molar refractivity (Wildman–Crippen MR) is 156 cm³/mol. The van der Waals surface area contributed by atoms with Crippen LogP contribution in [0.1, 0.15) is 120 Å². The Bertz CT molecular complexity index is 1180. The number of hydrogen-bond acceptors (Lipinski definition) is 4. The molecule has 0 unspecified atom stereocenters. The number of ether oxygens (including phenoxy) is 1. The zero-order valence-electron chi connectivity index (χ0n) is 25.1. The van der Waals surface area contributed by atoms with E-state index in [2.05, 4.69) is 34.6 Å². The van der Waals surface area contributed by atoms with Gasteiger partial charge in [0.1, 0.15) is 6.10 Å². The van der Waals surface area contributed by atoms with Gasteiger partial charge in [-0.3, -0.25) is 4.79 Å². The average molecular weight is 549 g/mol. The van der Waals surface area contributed by atoms with E-state index in [1.165, 1.54) is 50.7 Å². The summed E-state index contributed by atoms with van der Waals surface area (Å²) in [6.07, 6.45) is 12.4. The monoisotopic (exact) mass is 548 g/mol. The Morgan fingerprint density at radius 2 is 1.70 bits per heavy atom. The molecule has 0 amide bonds. The molecule has 4 aliphatic rings. The van der Waals surface area contributed by atoms with Crippen molar-refractivity contribution in [3.05, 3.63) is 47.0 Å². The number of carbonyl (C=O) groups excluding carboxylic acids is 2. The number of carbonyl (C=O) groups is 3. The Kier molecular flexibility index (Phi) is 8.07. The Balaban J connectivity index is 1.30. The lowest BCUT2D eigenvalue weighted by atomic mass is 9.46. The number of carboxylic acid groups (broad SMARTS) is 1. The largest absolute Gasteiger partial charge is 0.478 e. The van der Waals surface area contributed by atoms with Crippen LogP contribution >= 0.6 is 0 Å². The molecule has 1 aromatic rings. The van der Waals surface area contributed by atoms with Gasteiger partial charge in [-0.2, -0.15) is 0 Å². The lowest BCUT2D eigenvalue weighted by Crippen LogP contribution is -2.53. The molecule has 218 valence electrons. The zero-order valence-corrected chi connectivity index (χ0v) is 25.1. The van der Waals surface area contributed by atoms with Gasteiger partial charge in [0, 0.05) is 12.3 Å². The normalized spacial score (nSPS) is 35.8. The summed E-state index contributed by atoms with van der Waals surface area (Å²) >= 11 is 0. The van der Waals surface area contributed by atoms with Crippen LogP contribution in [0.25, 0.3) is 0 Å². The molecule has 40 heavy (non-hydrogen) atoms. The predicted octanol–water partition coefficient (Wildman–Crippen LogP) is 8.13. The third-order valence-corrected chi connectivity index (χ3v) is 11.8. The highest BCUT2D eigenvalue weighted by Gasteiger charge is 2.61. The first-order chi connectivity index (χ1) is 19.0. The highest BCUT2D eigenvalue weighted by atomic mass is 16.5. The van der Waals surface area contributed by atoms with E-state index in [0.29, 0.717) is 35.9 Å². The van der Waals surface area contributed by atoms with Crippen LogP contribution < -0.4 is 0 Å². The summed E-state index contributed by atoms with van der Waals surface area (Å²) in [5, 5.41) is 9.48. The molecule has 0 spiro atoms. The lowest BCUT2D eigenvalue weighted by Gasteiger charge is -2.57. The van der Waals surface area contributed by atoms with Crippen LogP contribution in [0.15, 0.2) is 35.9 Å².